The summed E-state index contributed by atoms with van der Waals surface area (Å²) in [5.74, 6) is 1.77. The monoisotopic (exact) mass is 321 g/mol. The summed E-state index contributed by atoms with van der Waals surface area (Å²) in [5.41, 5.74) is 0. The second-order valence-electron chi connectivity index (χ2n) is 6.17. The molecule has 1 atom stereocenters. The lowest BCUT2D eigenvalue weighted by Crippen LogP contribution is -2.37. The van der Waals surface area contributed by atoms with Crippen LogP contribution >= 0.6 is 0 Å². The third-order valence-electron chi connectivity index (χ3n) is 4.60. The number of nitrogens with one attached hydrogen (secondary N) is 1. The van der Waals surface area contributed by atoms with Gasteiger partial charge in [0.25, 0.3) is 0 Å². The van der Waals surface area contributed by atoms with Crippen LogP contribution < -0.4 is 10.2 Å². The molecule has 2 saturated heterocycles. The van der Waals surface area contributed by atoms with Gasteiger partial charge in [0.1, 0.15) is 18.0 Å². The summed E-state index contributed by atoms with van der Waals surface area (Å²) in [6, 6.07) is 2.18. The smallest absolute Gasteiger partial charge is 0.134 e. The number of rotatable bonds is 7. The molecule has 0 aromatic carbocycles. The molecule has 3 heterocycles. The number of hydrogen-bond donors (Lipinski definition) is 2. The van der Waals surface area contributed by atoms with E-state index < -0.39 is 0 Å². The Morgan fingerprint density at radius 2 is 2.13 bits per heavy atom. The predicted octanol–water partition coefficient (Wildman–Crippen LogP) is 0.572. The second kappa shape index (κ2) is 8.42. The molecule has 0 radical (unpaired) electrons. The molecular weight excluding hydrogens is 294 g/mol. The lowest BCUT2D eigenvalue weighted by Gasteiger charge is -2.26. The zero-order valence-corrected chi connectivity index (χ0v) is 13.7. The van der Waals surface area contributed by atoms with Crippen LogP contribution in [0.2, 0.25) is 0 Å². The quantitative estimate of drug-likeness (QED) is 0.711. The van der Waals surface area contributed by atoms with Gasteiger partial charge in [-0.1, -0.05) is 0 Å². The number of aliphatic hydroxyl groups is 1. The van der Waals surface area contributed by atoms with Crippen LogP contribution in [0, 0.1) is 0 Å². The van der Waals surface area contributed by atoms with Crippen LogP contribution in [0.25, 0.3) is 0 Å². The Morgan fingerprint density at radius 3 is 2.96 bits per heavy atom. The van der Waals surface area contributed by atoms with Crippen molar-refractivity contribution in [1.29, 1.82) is 0 Å². The molecule has 7 nitrogen and oxygen atoms in total. The molecule has 1 aromatic heterocycles. The minimum absolute atomic E-state index is 0.187. The maximum Gasteiger partial charge on any atom is 0.134 e. The maximum atomic E-state index is 9.45. The van der Waals surface area contributed by atoms with E-state index in [4.69, 9.17) is 4.74 Å². The lowest BCUT2D eigenvalue weighted by molar-refractivity contribution is 0.0378. The molecule has 0 bridgehead atoms. The number of ether oxygens (including phenoxy) is 1. The third kappa shape index (κ3) is 4.53. The van der Waals surface area contributed by atoms with Gasteiger partial charge in [0.15, 0.2) is 0 Å². The Bertz CT molecular complexity index is 481. The van der Waals surface area contributed by atoms with E-state index in [2.05, 4.69) is 25.1 Å². The zero-order valence-electron chi connectivity index (χ0n) is 13.7. The summed E-state index contributed by atoms with van der Waals surface area (Å²) < 4.78 is 5.36. The van der Waals surface area contributed by atoms with Crippen molar-refractivity contribution in [3.8, 4) is 0 Å². The average Bonchev–Trinajstić information content (AvgIpc) is 3.09. The van der Waals surface area contributed by atoms with Crippen LogP contribution in [-0.4, -0.2) is 78.6 Å². The van der Waals surface area contributed by atoms with Gasteiger partial charge in [0, 0.05) is 32.2 Å². The summed E-state index contributed by atoms with van der Waals surface area (Å²) in [4.78, 5) is 13.3. The zero-order chi connectivity index (χ0) is 15.9. The fourth-order valence-electron chi connectivity index (χ4n) is 3.27. The van der Waals surface area contributed by atoms with Crippen LogP contribution in [0.5, 0.6) is 0 Å². The fraction of sp³-hybridized carbons (Fsp3) is 0.750. The van der Waals surface area contributed by atoms with Crippen LogP contribution in [-0.2, 0) is 4.74 Å². The standard InChI is InChI=1S/C16H27N5O2/c22-12-14-3-1-6-21(14)16-11-15(18-13-19-16)17-4-2-5-20-7-9-23-10-8-20/h11,13-14,22H,1-10,12H2,(H,17,18,19). The van der Waals surface area contributed by atoms with E-state index in [0.717, 1.165) is 76.8 Å². The largest absolute Gasteiger partial charge is 0.394 e. The van der Waals surface area contributed by atoms with Gasteiger partial charge in [-0.15, -0.1) is 0 Å². The van der Waals surface area contributed by atoms with Gasteiger partial charge in [-0.25, -0.2) is 9.97 Å². The van der Waals surface area contributed by atoms with E-state index in [1.54, 1.807) is 6.33 Å². The van der Waals surface area contributed by atoms with E-state index in [1.807, 2.05) is 6.07 Å². The first kappa shape index (κ1) is 16.4. The number of hydrogen-bond acceptors (Lipinski definition) is 7. The van der Waals surface area contributed by atoms with Gasteiger partial charge < -0.3 is 20.1 Å². The Morgan fingerprint density at radius 1 is 1.26 bits per heavy atom. The number of nitrogens with zero attached hydrogens (tertiary/aromatic N) is 4. The van der Waals surface area contributed by atoms with Crippen LogP contribution in [0.3, 0.4) is 0 Å². The fourth-order valence-corrected chi connectivity index (χ4v) is 3.27. The molecule has 3 rings (SSSR count). The van der Waals surface area contributed by atoms with Gasteiger partial charge in [-0.2, -0.15) is 0 Å². The molecule has 23 heavy (non-hydrogen) atoms. The Balaban J connectivity index is 1.45. The molecule has 1 aromatic rings. The predicted molar refractivity (Wildman–Crippen MR) is 89.9 cm³/mol. The minimum atomic E-state index is 0.187. The SMILES string of the molecule is OCC1CCCN1c1cc(NCCCN2CCOCC2)ncn1. The number of morpholine rings is 1. The van der Waals surface area contributed by atoms with E-state index in [9.17, 15) is 5.11 Å². The van der Waals surface area contributed by atoms with Crippen molar-refractivity contribution >= 4 is 11.6 Å². The lowest BCUT2D eigenvalue weighted by atomic mass is 10.2. The highest BCUT2D eigenvalue weighted by Gasteiger charge is 2.25. The van der Waals surface area contributed by atoms with E-state index >= 15 is 0 Å². The van der Waals surface area contributed by atoms with E-state index in [1.165, 1.54) is 0 Å². The number of aromatic nitrogens is 2. The van der Waals surface area contributed by atoms with Crippen molar-refractivity contribution in [3.05, 3.63) is 12.4 Å². The summed E-state index contributed by atoms with van der Waals surface area (Å²) in [7, 11) is 0. The van der Waals surface area contributed by atoms with Crippen molar-refractivity contribution in [2.75, 3.05) is 62.8 Å². The highest BCUT2D eigenvalue weighted by Crippen LogP contribution is 2.24. The van der Waals surface area contributed by atoms with Crippen LogP contribution in [0.15, 0.2) is 12.4 Å². The Hall–Kier alpha value is -1.44. The summed E-state index contributed by atoms with van der Waals surface area (Å²) in [6.07, 6.45) is 4.83. The van der Waals surface area contributed by atoms with Crippen molar-refractivity contribution in [1.82, 2.24) is 14.9 Å². The molecule has 2 fully saturated rings. The molecule has 128 valence electrons. The van der Waals surface area contributed by atoms with E-state index in [-0.39, 0.29) is 12.6 Å². The van der Waals surface area contributed by atoms with Gasteiger partial charge in [-0.05, 0) is 25.8 Å². The van der Waals surface area contributed by atoms with Gasteiger partial charge in [0.05, 0.1) is 25.9 Å². The van der Waals surface area contributed by atoms with Crippen molar-refractivity contribution in [3.63, 3.8) is 0 Å². The first-order chi connectivity index (χ1) is 11.4. The van der Waals surface area contributed by atoms with Crippen molar-refractivity contribution in [2.45, 2.75) is 25.3 Å². The van der Waals surface area contributed by atoms with Crippen molar-refractivity contribution < 1.29 is 9.84 Å². The first-order valence-electron chi connectivity index (χ1n) is 8.60. The van der Waals surface area contributed by atoms with Crippen LogP contribution in [0.1, 0.15) is 19.3 Å². The van der Waals surface area contributed by atoms with E-state index in [0.29, 0.717) is 0 Å². The molecule has 7 heteroatoms. The molecule has 2 aliphatic heterocycles. The van der Waals surface area contributed by atoms with Gasteiger partial charge >= 0.3 is 0 Å². The van der Waals surface area contributed by atoms with Gasteiger partial charge in [0.2, 0.25) is 0 Å². The Kier molecular flexibility index (Phi) is 6.01. The number of aliphatic hydroxyl groups excluding tert-OH is 1. The van der Waals surface area contributed by atoms with Crippen molar-refractivity contribution in [2.24, 2.45) is 0 Å². The number of anilines is 2. The highest BCUT2D eigenvalue weighted by molar-refractivity contribution is 5.49. The maximum absolute atomic E-state index is 9.45. The highest BCUT2D eigenvalue weighted by atomic mass is 16.5. The summed E-state index contributed by atoms with van der Waals surface area (Å²) in [6.45, 7) is 6.91. The summed E-state index contributed by atoms with van der Waals surface area (Å²) >= 11 is 0. The first-order valence-corrected chi connectivity index (χ1v) is 8.60. The molecule has 0 saturated carbocycles. The average molecular weight is 321 g/mol. The third-order valence-corrected chi connectivity index (χ3v) is 4.60. The molecule has 0 amide bonds. The summed E-state index contributed by atoms with van der Waals surface area (Å²) in [5, 5.41) is 12.8. The van der Waals surface area contributed by atoms with Gasteiger partial charge in [-0.3, -0.25) is 4.90 Å². The molecule has 2 N–H and O–H groups in total. The topological polar surface area (TPSA) is 73.8 Å². The second-order valence-corrected chi connectivity index (χ2v) is 6.17. The molecule has 2 aliphatic rings. The molecule has 0 spiro atoms. The molecule has 1 unspecified atom stereocenters. The van der Waals surface area contributed by atoms with Crippen LogP contribution in [0.4, 0.5) is 11.6 Å². The minimum Gasteiger partial charge on any atom is -0.394 e. The molecule has 0 aliphatic carbocycles. The molecular formula is C16H27N5O2. The Labute approximate surface area is 137 Å². The normalized spacial score (nSPS) is 22.5.